The van der Waals surface area contributed by atoms with Crippen molar-refractivity contribution in [2.75, 3.05) is 6.61 Å². The number of nitro groups is 1. The van der Waals surface area contributed by atoms with Gasteiger partial charge in [0.2, 0.25) is 0 Å². The Morgan fingerprint density at radius 1 is 1.28 bits per heavy atom. The smallest absolute Gasteiger partial charge is 0.271 e. The third-order valence-electron chi connectivity index (χ3n) is 3.01. The van der Waals surface area contributed by atoms with E-state index in [0.717, 1.165) is 5.56 Å². The molecule has 2 rings (SSSR count). The van der Waals surface area contributed by atoms with E-state index in [0.29, 0.717) is 12.4 Å². The average Bonchev–Trinajstić information content (AvgIpc) is 2.63. The lowest BCUT2D eigenvalue weighted by Gasteiger charge is -2.03. The summed E-state index contributed by atoms with van der Waals surface area (Å²) in [5.41, 5.74) is 4.45. The minimum Gasteiger partial charge on any atom is -0.490 e. The second-order valence-electron chi connectivity index (χ2n) is 4.75. The van der Waals surface area contributed by atoms with Gasteiger partial charge in [-0.3, -0.25) is 14.9 Å². The van der Waals surface area contributed by atoms with Gasteiger partial charge in [-0.05, 0) is 42.0 Å². The van der Waals surface area contributed by atoms with Crippen molar-refractivity contribution in [1.82, 2.24) is 5.43 Å². The molecule has 0 aliphatic heterocycles. The highest BCUT2D eigenvalue weighted by Crippen LogP contribution is 2.13. The molecule has 0 atom stereocenters. The number of rotatable bonds is 7. The van der Waals surface area contributed by atoms with Crippen LogP contribution < -0.4 is 10.2 Å². The number of non-ortho nitro benzene ring substituents is 1. The van der Waals surface area contributed by atoms with Crippen LogP contribution in [0, 0.1) is 10.1 Å². The van der Waals surface area contributed by atoms with Crippen LogP contribution in [0.25, 0.3) is 0 Å². The molecular weight excluding hydrogens is 346 g/mol. The van der Waals surface area contributed by atoms with E-state index in [9.17, 15) is 14.9 Å². The van der Waals surface area contributed by atoms with E-state index in [1.54, 1.807) is 30.3 Å². The van der Waals surface area contributed by atoms with Crippen molar-refractivity contribution in [1.29, 1.82) is 0 Å². The summed E-state index contributed by atoms with van der Waals surface area (Å²) in [4.78, 5) is 22.1. The van der Waals surface area contributed by atoms with E-state index in [4.69, 9.17) is 16.3 Å². The number of hydrogen-bond acceptors (Lipinski definition) is 5. The maximum absolute atomic E-state index is 11.9. The summed E-state index contributed by atoms with van der Waals surface area (Å²) in [6, 6.07) is 12.5. The third-order valence-corrected chi connectivity index (χ3v) is 3.19. The molecule has 0 aliphatic rings. The Kier molecular flexibility index (Phi) is 6.67. The molecule has 0 unspecified atom stereocenters. The molecule has 1 amide bonds. The first-order valence-electron chi connectivity index (χ1n) is 7.16. The van der Waals surface area contributed by atoms with Crippen molar-refractivity contribution in [2.24, 2.45) is 5.10 Å². The number of nitrogens with zero attached hydrogens (tertiary/aromatic N) is 2. The highest BCUT2D eigenvalue weighted by Gasteiger charge is 2.10. The van der Waals surface area contributed by atoms with Gasteiger partial charge in [0.25, 0.3) is 11.6 Å². The van der Waals surface area contributed by atoms with Crippen LogP contribution in [0.2, 0.25) is 0 Å². The summed E-state index contributed by atoms with van der Waals surface area (Å²) in [6.07, 6.45) is 3.12. The maximum Gasteiger partial charge on any atom is 0.271 e. The Morgan fingerprint density at radius 2 is 2.04 bits per heavy atom. The molecule has 0 fully saturated rings. The zero-order valence-corrected chi connectivity index (χ0v) is 13.7. The van der Waals surface area contributed by atoms with Crippen LogP contribution in [0.1, 0.15) is 15.9 Å². The molecule has 2 aromatic rings. The Balaban J connectivity index is 1.92. The highest BCUT2D eigenvalue weighted by molar-refractivity contribution is 6.25. The van der Waals surface area contributed by atoms with E-state index in [1.807, 2.05) is 0 Å². The quantitative estimate of drug-likeness (QED) is 0.465. The van der Waals surface area contributed by atoms with Crippen LogP contribution in [0.3, 0.4) is 0 Å². The summed E-state index contributed by atoms with van der Waals surface area (Å²) < 4.78 is 5.39. The number of nitro benzene ring substituents is 1. The molecule has 0 aliphatic carbocycles. The molecule has 7 nitrogen and oxygen atoms in total. The molecule has 128 valence electrons. The molecule has 0 bridgehead atoms. The first-order valence-corrected chi connectivity index (χ1v) is 7.60. The number of carbonyl (C=O) groups is 1. The number of nitrogens with one attached hydrogen (secondary N) is 1. The van der Waals surface area contributed by atoms with Gasteiger partial charge in [-0.2, -0.15) is 5.10 Å². The molecule has 0 saturated heterocycles. The number of carbonyl (C=O) groups excluding carboxylic acids is 1. The van der Waals surface area contributed by atoms with Gasteiger partial charge in [-0.15, -0.1) is 0 Å². The SMILES string of the molecule is O=C(N/N=C/c1ccc(OC/C=C/Cl)cc1)c1cccc([N+](=O)[O-])c1. The summed E-state index contributed by atoms with van der Waals surface area (Å²) in [5, 5.41) is 14.5. The molecule has 0 spiro atoms. The van der Waals surface area contributed by atoms with Crippen molar-refractivity contribution in [3.63, 3.8) is 0 Å². The standard InChI is InChI=1S/C17H14ClN3O4/c18-9-2-10-25-16-7-5-13(6-8-16)12-19-20-17(22)14-3-1-4-15(11-14)21(23)24/h1-9,11-12H,10H2,(H,20,22)/b9-2+,19-12+. The molecular formula is C17H14ClN3O4. The van der Waals surface area contributed by atoms with Crippen LogP contribution in [-0.2, 0) is 0 Å². The maximum atomic E-state index is 11.9. The van der Waals surface area contributed by atoms with Crippen molar-refractivity contribution in [2.45, 2.75) is 0 Å². The molecule has 0 aromatic heterocycles. The number of hydrogen-bond donors (Lipinski definition) is 1. The van der Waals surface area contributed by atoms with E-state index in [-0.39, 0.29) is 11.3 Å². The van der Waals surface area contributed by atoms with E-state index >= 15 is 0 Å². The van der Waals surface area contributed by atoms with Crippen LogP contribution in [0.5, 0.6) is 5.75 Å². The fraction of sp³-hybridized carbons (Fsp3) is 0.0588. The van der Waals surface area contributed by atoms with Gasteiger partial charge in [-0.1, -0.05) is 17.7 Å². The van der Waals surface area contributed by atoms with E-state index in [1.165, 1.54) is 36.0 Å². The fourth-order valence-corrected chi connectivity index (χ4v) is 1.89. The molecule has 0 radical (unpaired) electrons. The lowest BCUT2D eigenvalue weighted by molar-refractivity contribution is -0.384. The fourth-order valence-electron chi connectivity index (χ4n) is 1.82. The number of benzene rings is 2. The second-order valence-corrected chi connectivity index (χ2v) is 5.00. The molecule has 2 aromatic carbocycles. The Hall–Kier alpha value is -3.19. The van der Waals surface area contributed by atoms with Crippen LogP contribution in [0.15, 0.2) is 65.2 Å². The van der Waals surface area contributed by atoms with Gasteiger partial charge < -0.3 is 4.74 Å². The van der Waals surface area contributed by atoms with Gasteiger partial charge in [0, 0.05) is 23.2 Å². The minimum absolute atomic E-state index is 0.155. The van der Waals surface area contributed by atoms with Gasteiger partial charge in [0.15, 0.2) is 0 Å². The van der Waals surface area contributed by atoms with Crippen LogP contribution in [0.4, 0.5) is 5.69 Å². The third kappa shape index (κ3) is 5.74. The lowest BCUT2D eigenvalue weighted by Crippen LogP contribution is -2.17. The van der Waals surface area contributed by atoms with Crippen molar-refractivity contribution >= 4 is 29.4 Å². The largest absolute Gasteiger partial charge is 0.490 e. The number of hydrazone groups is 1. The predicted molar refractivity (Wildman–Crippen MR) is 95.1 cm³/mol. The van der Waals surface area contributed by atoms with Crippen LogP contribution in [-0.4, -0.2) is 23.7 Å². The lowest BCUT2D eigenvalue weighted by atomic mass is 10.2. The molecule has 1 N–H and O–H groups in total. The Labute approximate surface area is 148 Å². The highest BCUT2D eigenvalue weighted by atomic mass is 35.5. The zero-order valence-electron chi connectivity index (χ0n) is 13.0. The number of amides is 1. The van der Waals surface area contributed by atoms with Gasteiger partial charge in [0.05, 0.1) is 11.1 Å². The Morgan fingerprint density at radius 3 is 2.72 bits per heavy atom. The normalized spacial score (nSPS) is 10.9. The molecule has 25 heavy (non-hydrogen) atoms. The molecule has 0 saturated carbocycles. The molecule has 0 heterocycles. The van der Waals surface area contributed by atoms with Gasteiger partial charge in [-0.25, -0.2) is 5.43 Å². The summed E-state index contributed by atoms with van der Waals surface area (Å²) in [6.45, 7) is 0.371. The van der Waals surface area contributed by atoms with Gasteiger partial charge in [0.1, 0.15) is 12.4 Å². The molecule has 8 heteroatoms. The second kappa shape index (κ2) is 9.19. The van der Waals surface area contributed by atoms with Crippen molar-refractivity contribution in [3.05, 3.63) is 81.4 Å². The van der Waals surface area contributed by atoms with Crippen molar-refractivity contribution in [3.8, 4) is 5.75 Å². The van der Waals surface area contributed by atoms with E-state index in [2.05, 4.69) is 10.5 Å². The number of halogens is 1. The summed E-state index contributed by atoms with van der Waals surface area (Å²) in [5.74, 6) is 0.139. The Bertz CT molecular complexity index is 804. The zero-order chi connectivity index (χ0) is 18.1. The predicted octanol–water partition coefficient (Wildman–Crippen LogP) is 3.49. The van der Waals surface area contributed by atoms with Gasteiger partial charge >= 0.3 is 0 Å². The summed E-state index contributed by atoms with van der Waals surface area (Å²) >= 11 is 5.40. The monoisotopic (exact) mass is 359 g/mol. The van der Waals surface area contributed by atoms with Crippen molar-refractivity contribution < 1.29 is 14.5 Å². The minimum atomic E-state index is -0.563. The van der Waals surface area contributed by atoms with Crippen LogP contribution >= 0.6 is 11.6 Å². The first-order chi connectivity index (χ1) is 12.1. The number of ether oxygens (including phenoxy) is 1. The first kappa shape index (κ1) is 18.2. The van der Waals surface area contributed by atoms with E-state index < -0.39 is 10.8 Å². The summed E-state index contributed by atoms with van der Waals surface area (Å²) in [7, 11) is 0. The average molecular weight is 360 g/mol. The topological polar surface area (TPSA) is 93.8 Å².